The average Bonchev–Trinajstić information content (AvgIpc) is 3.28. The number of nitrogens with zero attached hydrogens (tertiary/aromatic N) is 2. The van der Waals surface area contributed by atoms with Crippen LogP contribution >= 0.6 is 0 Å². The molecule has 3 aromatic rings. The number of carboxylic acids is 1. The molecule has 1 saturated carbocycles. The smallest absolute Gasteiger partial charge is 0.341 e. The minimum Gasteiger partial charge on any atom is -0.487 e. The summed E-state index contributed by atoms with van der Waals surface area (Å²) >= 11 is 0. The first-order valence-corrected chi connectivity index (χ1v) is 11.1. The van der Waals surface area contributed by atoms with Gasteiger partial charge in [0.25, 0.3) is 0 Å². The molecule has 0 atom stereocenters. The number of pyridine rings is 2. The van der Waals surface area contributed by atoms with Gasteiger partial charge in [-0.05, 0) is 37.8 Å². The molecule has 2 aromatic heterocycles. The van der Waals surface area contributed by atoms with Gasteiger partial charge in [-0.3, -0.25) is 9.78 Å². The first-order chi connectivity index (χ1) is 15.9. The summed E-state index contributed by atoms with van der Waals surface area (Å²) in [5.41, 5.74) is 5.47. The van der Waals surface area contributed by atoms with E-state index in [0.29, 0.717) is 24.9 Å². The Morgan fingerprint density at radius 3 is 2.82 bits per heavy atom. The lowest BCUT2D eigenvalue weighted by molar-refractivity contribution is 0.0692. The maximum Gasteiger partial charge on any atom is 0.341 e. The average molecular weight is 452 g/mol. The van der Waals surface area contributed by atoms with Gasteiger partial charge in [0.1, 0.15) is 17.9 Å². The summed E-state index contributed by atoms with van der Waals surface area (Å²) in [5, 5.41) is 12.6. The number of ether oxygens (including phenoxy) is 1. The molecule has 0 radical (unpaired) electrons. The summed E-state index contributed by atoms with van der Waals surface area (Å²) in [5.74, 6) is -1.95. The number of carbonyl (C=O) groups is 1. The lowest BCUT2D eigenvalue weighted by Crippen LogP contribution is -2.42. The Kier molecular flexibility index (Phi) is 5.19. The van der Waals surface area contributed by atoms with E-state index in [2.05, 4.69) is 10.3 Å². The number of nitrogen functional groups attached to an aromatic ring is 1. The maximum atomic E-state index is 15.4. The maximum absolute atomic E-state index is 15.4. The third kappa shape index (κ3) is 3.39. The normalized spacial score (nSPS) is 16.2. The number of carboxylic acid groups (broad SMARTS) is 1. The van der Waals surface area contributed by atoms with E-state index in [-0.39, 0.29) is 29.1 Å². The highest BCUT2D eigenvalue weighted by molar-refractivity contribution is 6.03. The van der Waals surface area contributed by atoms with Gasteiger partial charge in [0.15, 0.2) is 11.6 Å². The van der Waals surface area contributed by atoms with Crippen LogP contribution in [-0.2, 0) is 12.0 Å². The molecular weight excluding hydrogens is 427 g/mol. The van der Waals surface area contributed by atoms with Crippen LogP contribution in [0.4, 0.5) is 15.8 Å². The van der Waals surface area contributed by atoms with Crippen LogP contribution in [0.25, 0.3) is 10.9 Å². The Morgan fingerprint density at radius 1 is 1.33 bits per heavy atom. The molecule has 33 heavy (non-hydrogen) atoms. The van der Waals surface area contributed by atoms with Gasteiger partial charge in [-0.2, -0.15) is 0 Å². The topological polar surface area (TPSA) is 119 Å². The number of nitrogens with one attached hydrogen (secondary N) is 1. The van der Waals surface area contributed by atoms with E-state index in [1.165, 1.54) is 6.20 Å². The van der Waals surface area contributed by atoms with Crippen LogP contribution in [0, 0.1) is 5.82 Å². The molecule has 1 fully saturated rings. The Labute approximate surface area is 189 Å². The molecular formula is C24H25FN4O4. The number of aromatic carboxylic acids is 1. The molecule has 4 N–H and O–H groups in total. The molecule has 0 saturated heterocycles. The Hall–Kier alpha value is -3.62. The quantitative estimate of drug-likeness (QED) is 0.387. The predicted molar refractivity (Wildman–Crippen MR) is 123 cm³/mol. The van der Waals surface area contributed by atoms with Gasteiger partial charge in [-0.1, -0.05) is 18.9 Å². The number of fused-ring (bicyclic) bond motifs is 1. The fourth-order valence-electron chi connectivity index (χ4n) is 5.10. The fraction of sp³-hybridized carbons (Fsp3) is 0.375. The van der Waals surface area contributed by atoms with Gasteiger partial charge in [0.2, 0.25) is 5.43 Å². The third-order valence-corrected chi connectivity index (χ3v) is 6.77. The highest BCUT2D eigenvalue weighted by atomic mass is 19.1. The summed E-state index contributed by atoms with van der Waals surface area (Å²) in [6.07, 6.45) is 8.02. The van der Waals surface area contributed by atoms with Crippen LogP contribution in [0.2, 0.25) is 0 Å². The van der Waals surface area contributed by atoms with Crippen molar-refractivity contribution < 1.29 is 19.0 Å². The molecule has 3 heterocycles. The number of aryl methyl sites for hydroxylation is 1. The SMILES string of the molecule is Nc1c(F)c(NCCCc2ccccn2)c2c3c1c(=O)c(C(=O)O)cn3C1(CCCC1)CO2. The minimum absolute atomic E-state index is 0.102. The van der Waals surface area contributed by atoms with Gasteiger partial charge >= 0.3 is 5.97 Å². The van der Waals surface area contributed by atoms with Crippen LogP contribution in [0.1, 0.15) is 48.2 Å². The molecule has 8 nitrogen and oxygen atoms in total. The van der Waals surface area contributed by atoms with Crippen molar-refractivity contribution in [2.75, 3.05) is 24.2 Å². The van der Waals surface area contributed by atoms with E-state index in [9.17, 15) is 14.7 Å². The number of hydrogen-bond acceptors (Lipinski definition) is 6. The van der Waals surface area contributed by atoms with Crippen molar-refractivity contribution >= 4 is 28.2 Å². The molecule has 9 heteroatoms. The molecule has 5 rings (SSSR count). The largest absolute Gasteiger partial charge is 0.487 e. The zero-order chi connectivity index (χ0) is 23.2. The van der Waals surface area contributed by atoms with Crippen molar-refractivity contribution in [2.45, 2.75) is 44.1 Å². The summed E-state index contributed by atoms with van der Waals surface area (Å²) in [7, 11) is 0. The summed E-state index contributed by atoms with van der Waals surface area (Å²) in [6, 6.07) is 5.70. The lowest BCUT2D eigenvalue weighted by Gasteiger charge is -2.39. The molecule has 1 aliphatic carbocycles. The van der Waals surface area contributed by atoms with Crippen LogP contribution in [0.15, 0.2) is 35.4 Å². The highest BCUT2D eigenvalue weighted by Gasteiger charge is 2.43. The number of nitrogens with two attached hydrogens (primary N) is 1. The Bertz CT molecular complexity index is 1300. The van der Waals surface area contributed by atoms with Gasteiger partial charge in [-0.15, -0.1) is 0 Å². The second kappa shape index (κ2) is 8.06. The summed E-state index contributed by atoms with van der Waals surface area (Å²) in [4.78, 5) is 29.1. The van der Waals surface area contributed by atoms with E-state index in [4.69, 9.17) is 10.5 Å². The molecule has 0 unspecified atom stereocenters. The van der Waals surface area contributed by atoms with Crippen molar-refractivity contribution in [2.24, 2.45) is 0 Å². The van der Waals surface area contributed by atoms with Gasteiger partial charge in [0.05, 0.1) is 22.1 Å². The van der Waals surface area contributed by atoms with Crippen LogP contribution in [0.3, 0.4) is 0 Å². The molecule has 1 aromatic carbocycles. The first kappa shape index (κ1) is 21.2. The van der Waals surface area contributed by atoms with Gasteiger partial charge in [-0.25, -0.2) is 9.18 Å². The number of hydrogen-bond donors (Lipinski definition) is 3. The molecule has 2 aliphatic rings. The molecule has 172 valence electrons. The van der Waals surface area contributed by atoms with Crippen molar-refractivity contribution in [1.82, 2.24) is 9.55 Å². The van der Waals surface area contributed by atoms with Crippen molar-refractivity contribution in [3.8, 4) is 5.75 Å². The van der Waals surface area contributed by atoms with Crippen LogP contribution in [-0.4, -0.2) is 33.8 Å². The summed E-state index contributed by atoms with van der Waals surface area (Å²) < 4.78 is 23.3. The number of benzene rings is 1. The number of rotatable bonds is 6. The van der Waals surface area contributed by atoms with Gasteiger partial charge < -0.3 is 25.5 Å². The van der Waals surface area contributed by atoms with Crippen LogP contribution < -0.4 is 21.2 Å². The predicted octanol–water partition coefficient (Wildman–Crippen LogP) is 3.52. The zero-order valence-corrected chi connectivity index (χ0v) is 18.1. The van der Waals surface area contributed by atoms with Gasteiger partial charge in [0, 0.05) is 24.6 Å². The van der Waals surface area contributed by atoms with Crippen molar-refractivity contribution in [3.63, 3.8) is 0 Å². The van der Waals surface area contributed by atoms with E-state index < -0.39 is 28.3 Å². The first-order valence-electron chi connectivity index (χ1n) is 11.1. The zero-order valence-electron chi connectivity index (χ0n) is 18.1. The van der Waals surface area contributed by atoms with Crippen LogP contribution in [0.5, 0.6) is 5.75 Å². The fourth-order valence-corrected chi connectivity index (χ4v) is 5.10. The Morgan fingerprint density at radius 2 is 2.12 bits per heavy atom. The number of halogens is 1. The standard InChI is InChI=1S/C24H25FN4O4/c25-17-18(26)16-20-22(19(17)28-11-5-7-14-6-1-4-10-27-14)33-13-24(8-2-3-9-24)29(20)12-15(21(16)30)23(31)32/h1,4,6,10,12,28H,2-3,5,7-9,11,13,26H2,(H,31,32). The third-order valence-electron chi connectivity index (χ3n) is 6.77. The molecule has 1 spiro atoms. The molecule has 1 aliphatic heterocycles. The highest BCUT2D eigenvalue weighted by Crippen LogP contribution is 2.48. The van der Waals surface area contributed by atoms with Crippen molar-refractivity contribution in [3.05, 3.63) is 57.9 Å². The lowest BCUT2D eigenvalue weighted by atomic mass is 9.93. The monoisotopic (exact) mass is 452 g/mol. The van der Waals surface area contributed by atoms with E-state index in [1.807, 2.05) is 22.8 Å². The van der Waals surface area contributed by atoms with E-state index in [0.717, 1.165) is 31.4 Å². The minimum atomic E-state index is -1.36. The molecule has 0 amide bonds. The van der Waals surface area contributed by atoms with Crippen molar-refractivity contribution in [1.29, 1.82) is 0 Å². The Balaban J connectivity index is 1.60. The number of aromatic nitrogens is 2. The second-order valence-electron chi connectivity index (χ2n) is 8.77. The molecule has 0 bridgehead atoms. The second-order valence-corrected chi connectivity index (χ2v) is 8.77. The number of anilines is 2. The van der Waals surface area contributed by atoms with E-state index in [1.54, 1.807) is 6.20 Å². The summed E-state index contributed by atoms with van der Waals surface area (Å²) in [6.45, 7) is 0.723. The van der Waals surface area contributed by atoms with E-state index >= 15 is 4.39 Å².